The van der Waals surface area contributed by atoms with E-state index in [1.165, 1.54) is 30.6 Å². The van der Waals surface area contributed by atoms with Crippen molar-refractivity contribution in [2.75, 3.05) is 17.7 Å². The van der Waals surface area contributed by atoms with Crippen LogP contribution in [0.1, 0.15) is 27.7 Å². The molecule has 0 radical (unpaired) electrons. The van der Waals surface area contributed by atoms with Gasteiger partial charge in [-0.05, 0) is 59.7 Å². The van der Waals surface area contributed by atoms with Crippen LogP contribution in [0.3, 0.4) is 0 Å². The van der Waals surface area contributed by atoms with Gasteiger partial charge >= 0.3 is 5.97 Å². The molecule has 3 aromatic carbocycles. The number of fused-ring (bicyclic) bond motifs is 1. The molecule has 1 aliphatic rings. The Kier molecular flexibility index (Phi) is 8.87. The van der Waals surface area contributed by atoms with E-state index in [1.807, 2.05) is 12.1 Å². The molecule has 0 saturated carbocycles. The zero-order valence-electron chi connectivity index (χ0n) is 23.6. The minimum absolute atomic E-state index is 0.0413. The lowest BCUT2D eigenvalue weighted by Crippen LogP contribution is -2.34. The Morgan fingerprint density at radius 1 is 1.00 bits per heavy atom. The standard InChI is InChI=1S/C31H28ClFN6O6/c32-20-7-3-17(4-8-20)13-35-31-38-24-27(34)36-16-37-28(24)39(31)29-26(41)25(40)23(45-29)15-43-14-18-1-5-19(6-2-18)30(42)44-22-11-9-21(33)10-12-22/h1-12,16,23,25-26,29,40-41H,13-15H2,(H,35,38)(H2,34,36,37)/t23-,25-,26-,29-/m1/s1. The number of ether oxygens (including phenoxy) is 3. The van der Waals surface area contributed by atoms with E-state index < -0.39 is 36.3 Å². The van der Waals surface area contributed by atoms with Crippen molar-refractivity contribution in [3.8, 4) is 5.75 Å². The van der Waals surface area contributed by atoms with Gasteiger partial charge in [0.15, 0.2) is 23.2 Å². The zero-order valence-corrected chi connectivity index (χ0v) is 24.3. The predicted octanol–water partition coefficient (Wildman–Crippen LogP) is 3.87. The van der Waals surface area contributed by atoms with E-state index in [2.05, 4.69) is 20.3 Å². The number of carbonyl (C=O) groups excluding carboxylic acids is 1. The third-order valence-electron chi connectivity index (χ3n) is 7.23. The monoisotopic (exact) mass is 634 g/mol. The molecule has 1 saturated heterocycles. The molecule has 3 heterocycles. The number of benzene rings is 3. The lowest BCUT2D eigenvalue weighted by molar-refractivity contribution is -0.0675. The van der Waals surface area contributed by atoms with Crippen LogP contribution in [0.15, 0.2) is 79.1 Å². The minimum Gasteiger partial charge on any atom is -0.423 e. The van der Waals surface area contributed by atoms with E-state index >= 15 is 0 Å². The number of nitrogens with two attached hydrogens (primary N) is 1. The van der Waals surface area contributed by atoms with Gasteiger partial charge in [0, 0.05) is 11.6 Å². The third-order valence-corrected chi connectivity index (χ3v) is 7.48. The van der Waals surface area contributed by atoms with Crippen molar-refractivity contribution in [3.63, 3.8) is 0 Å². The van der Waals surface area contributed by atoms with Crippen LogP contribution in [0.5, 0.6) is 5.75 Å². The summed E-state index contributed by atoms with van der Waals surface area (Å²) < 4.78 is 31.8. The minimum atomic E-state index is -1.34. The fraction of sp³-hybridized carbons (Fsp3) is 0.226. The maximum atomic E-state index is 13.1. The number of halogens is 2. The van der Waals surface area contributed by atoms with Crippen molar-refractivity contribution in [2.24, 2.45) is 0 Å². The molecular formula is C31H28ClFN6O6. The van der Waals surface area contributed by atoms with Crippen molar-refractivity contribution in [1.82, 2.24) is 19.5 Å². The van der Waals surface area contributed by atoms with Gasteiger partial charge in [-0.25, -0.2) is 24.1 Å². The highest BCUT2D eigenvalue weighted by Crippen LogP contribution is 2.35. The van der Waals surface area contributed by atoms with Gasteiger partial charge in [-0.1, -0.05) is 35.9 Å². The van der Waals surface area contributed by atoms with Crippen molar-refractivity contribution in [2.45, 2.75) is 37.7 Å². The molecule has 2 aromatic heterocycles. The Bertz CT molecular complexity index is 1790. The van der Waals surface area contributed by atoms with Crippen molar-refractivity contribution >= 4 is 40.5 Å². The number of esters is 1. The van der Waals surface area contributed by atoms with E-state index in [9.17, 15) is 19.4 Å². The van der Waals surface area contributed by atoms with E-state index in [0.717, 1.165) is 11.1 Å². The fourth-order valence-electron chi connectivity index (χ4n) is 4.85. The number of aliphatic hydroxyl groups excluding tert-OH is 2. The summed E-state index contributed by atoms with van der Waals surface area (Å²) in [5, 5.41) is 25.7. The molecule has 0 spiro atoms. The maximum Gasteiger partial charge on any atom is 0.343 e. The molecule has 6 rings (SSSR count). The number of nitrogens with zero attached hydrogens (tertiary/aromatic N) is 4. The Morgan fingerprint density at radius 2 is 1.71 bits per heavy atom. The lowest BCUT2D eigenvalue weighted by Gasteiger charge is -2.20. The van der Waals surface area contributed by atoms with E-state index in [0.29, 0.717) is 34.2 Å². The first kappa shape index (κ1) is 30.4. The number of nitrogen functional groups attached to an aromatic ring is 1. The first-order valence-corrected chi connectivity index (χ1v) is 14.3. The number of hydrogen-bond donors (Lipinski definition) is 4. The second kappa shape index (κ2) is 13.1. The summed E-state index contributed by atoms with van der Waals surface area (Å²) >= 11 is 6.00. The third kappa shape index (κ3) is 6.72. The van der Waals surface area contributed by atoms with Gasteiger partial charge in [0.05, 0.1) is 18.8 Å². The number of carbonyl (C=O) groups is 1. The number of aliphatic hydroxyl groups is 2. The van der Waals surface area contributed by atoms with Crippen LogP contribution >= 0.6 is 11.6 Å². The number of anilines is 2. The van der Waals surface area contributed by atoms with Gasteiger partial charge in [-0.2, -0.15) is 0 Å². The van der Waals surface area contributed by atoms with Crippen molar-refractivity contribution in [1.29, 1.82) is 0 Å². The molecule has 0 aliphatic carbocycles. The Labute approximate surface area is 261 Å². The fourth-order valence-corrected chi connectivity index (χ4v) is 4.98. The van der Waals surface area contributed by atoms with E-state index in [1.54, 1.807) is 41.0 Å². The molecule has 0 bridgehead atoms. The number of hydrogen-bond acceptors (Lipinski definition) is 11. The van der Waals surface area contributed by atoms with Crippen molar-refractivity contribution < 1.29 is 33.6 Å². The summed E-state index contributed by atoms with van der Waals surface area (Å²) in [6.07, 6.45) is -3.28. The van der Waals surface area contributed by atoms with Gasteiger partial charge in [-0.3, -0.25) is 4.57 Å². The molecule has 4 atom stereocenters. The molecule has 0 unspecified atom stereocenters. The summed E-state index contributed by atoms with van der Waals surface area (Å²) in [7, 11) is 0. The lowest BCUT2D eigenvalue weighted by atomic mass is 10.1. The smallest absolute Gasteiger partial charge is 0.343 e. The molecule has 1 fully saturated rings. The Balaban J connectivity index is 1.10. The van der Waals surface area contributed by atoms with E-state index in [-0.39, 0.29) is 24.8 Å². The molecule has 12 nitrogen and oxygen atoms in total. The van der Waals surface area contributed by atoms with Crippen LogP contribution in [0.25, 0.3) is 11.2 Å². The largest absolute Gasteiger partial charge is 0.423 e. The first-order valence-electron chi connectivity index (χ1n) is 13.9. The molecule has 5 aromatic rings. The molecule has 45 heavy (non-hydrogen) atoms. The first-order chi connectivity index (χ1) is 21.8. The number of nitrogens with one attached hydrogen (secondary N) is 1. The Morgan fingerprint density at radius 3 is 2.44 bits per heavy atom. The molecule has 1 aliphatic heterocycles. The van der Waals surface area contributed by atoms with Crippen LogP contribution < -0.4 is 15.8 Å². The van der Waals surface area contributed by atoms with E-state index in [4.69, 9.17) is 31.5 Å². The zero-order chi connectivity index (χ0) is 31.5. The van der Waals surface area contributed by atoms with Crippen LogP contribution in [-0.2, 0) is 22.6 Å². The van der Waals surface area contributed by atoms with Crippen LogP contribution in [0, 0.1) is 5.82 Å². The SMILES string of the molecule is Nc1ncnc2c1nc(NCc1ccc(Cl)cc1)n2[C@@H]1O[C@H](COCc2ccc(C(=O)Oc3ccc(F)cc3)cc2)[C@@H](O)[C@H]1O. The quantitative estimate of drug-likeness (QED) is 0.130. The average molecular weight is 635 g/mol. The second-order valence-electron chi connectivity index (χ2n) is 10.3. The van der Waals surface area contributed by atoms with Gasteiger partial charge in [-0.15, -0.1) is 0 Å². The van der Waals surface area contributed by atoms with Crippen LogP contribution in [0.4, 0.5) is 16.2 Å². The Hall–Kier alpha value is -4.66. The maximum absolute atomic E-state index is 13.1. The average Bonchev–Trinajstić information content (AvgIpc) is 3.55. The summed E-state index contributed by atoms with van der Waals surface area (Å²) in [4.78, 5) is 25.3. The summed E-state index contributed by atoms with van der Waals surface area (Å²) in [6, 6.07) is 19.0. The molecule has 232 valence electrons. The highest BCUT2D eigenvalue weighted by molar-refractivity contribution is 6.30. The van der Waals surface area contributed by atoms with Gasteiger partial charge in [0.25, 0.3) is 0 Å². The number of imidazole rings is 1. The molecule has 0 amide bonds. The van der Waals surface area contributed by atoms with Gasteiger partial charge in [0.1, 0.15) is 36.2 Å². The summed E-state index contributed by atoms with van der Waals surface area (Å²) in [5.74, 6) is -0.327. The normalized spacial score (nSPS) is 19.6. The number of aromatic nitrogens is 4. The van der Waals surface area contributed by atoms with Crippen LogP contribution in [0.2, 0.25) is 5.02 Å². The van der Waals surface area contributed by atoms with Gasteiger partial charge in [0.2, 0.25) is 5.95 Å². The molecule has 14 heteroatoms. The molecular weight excluding hydrogens is 607 g/mol. The number of rotatable bonds is 10. The topological polar surface area (TPSA) is 167 Å². The highest BCUT2D eigenvalue weighted by Gasteiger charge is 2.45. The summed E-state index contributed by atoms with van der Waals surface area (Å²) in [5.41, 5.74) is 8.67. The van der Waals surface area contributed by atoms with Crippen LogP contribution in [-0.4, -0.2) is 60.6 Å². The van der Waals surface area contributed by atoms with Crippen molar-refractivity contribution in [3.05, 3.63) is 107 Å². The predicted molar refractivity (Wildman–Crippen MR) is 162 cm³/mol. The second-order valence-corrected chi connectivity index (χ2v) is 10.8. The molecule has 5 N–H and O–H groups in total. The van der Waals surface area contributed by atoms with Gasteiger partial charge < -0.3 is 35.5 Å². The highest BCUT2D eigenvalue weighted by atomic mass is 35.5. The summed E-state index contributed by atoms with van der Waals surface area (Å²) in [6.45, 7) is 0.473.